The van der Waals surface area contributed by atoms with E-state index in [-0.39, 0.29) is 24.0 Å². The molecule has 1 heterocycles. The second-order valence-electron chi connectivity index (χ2n) is 6.90. The normalized spacial score (nSPS) is 11.2. The van der Waals surface area contributed by atoms with Gasteiger partial charge in [-0.3, -0.25) is 9.59 Å². The van der Waals surface area contributed by atoms with Gasteiger partial charge in [0.05, 0.1) is 17.3 Å². The van der Waals surface area contributed by atoms with Gasteiger partial charge in [-0.15, -0.1) is 0 Å². The van der Waals surface area contributed by atoms with Crippen molar-refractivity contribution in [1.82, 2.24) is 5.43 Å². The fraction of sp³-hybridized carbons (Fsp3) is 0.174. The van der Waals surface area contributed by atoms with Gasteiger partial charge in [-0.1, -0.05) is 35.3 Å². The van der Waals surface area contributed by atoms with Gasteiger partial charge in [-0.25, -0.2) is 5.43 Å². The summed E-state index contributed by atoms with van der Waals surface area (Å²) in [6, 6.07) is 15.3. The smallest absolute Gasteiger partial charge is 0.291 e. The van der Waals surface area contributed by atoms with Crippen LogP contribution < -0.4 is 15.5 Å². The van der Waals surface area contributed by atoms with Crippen molar-refractivity contribution in [3.63, 3.8) is 0 Å². The third kappa shape index (κ3) is 7.63. The maximum Gasteiger partial charge on any atom is 0.291 e. The number of anilines is 1. The van der Waals surface area contributed by atoms with Gasteiger partial charge in [0.15, 0.2) is 10.4 Å². The Balaban J connectivity index is 1.47. The lowest BCUT2D eigenvalue weighted by atomic mass is 10.1. The van der Waals surface area contributed by atoms with Crippen LogP contribution in [0.2, 0.25) is 10.0 Å². The number of nitrogens with one attached hydrogen (secondary N) is 2. The first-order chi connectivity index (χ1) is 15.8. The summed E-state index contributed by atoms with van der Waals surface area (Å²) < 4.78 is 11.3. The highest BCUT2D eigenvalue weighted by Gasteiger charge is 2.11. The van der Waals surface area contributed by atoms with Crippen LogP contribution in [0.4, 0.5) is 5.69 Å². The Kier molecular flexibility index (Phi) is 8.94. The van der Waals surface area contributed by atoms with Crippen molar-refractivity contribution in [3.8, 4) is 5.75 Å². The zero-order valence-corrected chi connectivity index (χ0v) is 20.6. The van der Waals surface area contributed by atoms with Gasteiger partial charge in [0, 0.05) is 17.1 Å². The van der Waals surface area contributed by atoms with Crippen LogP contribution >= 0.6 is 39.1 Å². The number of nitrogens with zero attached hydrogens (tertiary/aromatic N) is 1. The molecule has 2 aromatic carbocycles. The Hall–Kier alpha value is -2.81. The fourth-order valence-corrected chi connectivity index (χ4v) is 3.49. The number of ether oxygens (including phenoxy) is 1. The molecule has 1 aromatic heterocycles. The van der Waals surface area contributed by atoms with Gasteiger partial charge in [0.1, 0.15) is 5.75 Å². The lowest BCUT2D eigenvalue weighted by Crippen LogP contribution is -2.19. The summed E-state index contributed by atoms with van der Waals surface area (Å²) >= 11 is 15.1. The van der Waals surface area contributed by atoms with E-state index in [1.54, 1.807) is 55.5 Å². The van der Waals surface area contributed by atoms with Crippen molar-refractivity contribution in [2.75, 3.05) is 11.9 Å². The highest BCUT2D eigenvalue weighted by Crippen LogP contribution is 2.27. The zero-order valence-electron chi connectivity index (χ0n) is 17.5. The third-order valence-electron chi connectivity index (χ3n) is 4.38. The SMILES string of the molecule is C/C(=N/NC(=O)CCCOc1ccc(Cl)cc1Cl)c1cccc(NC(=O)c2ccc(Br)o2)c1. The summed E-state index contributed by atoms with van der Waals surface area (Å²) in [6.07, 6.45) is 0.723. The van der Waals surface area contributed by atoms with Crippen LogP contribution in [0.1, 0.15) is 35.9 Å². The van der Waals surface area contributed by atoms with E-state index < -0.39 is 0 Å². The molecule has 2 amide bonds. The first kappa shape index (κ1) is 24.8. The Morgan fingerprint density at radius 3 is 2.67 bits per heavy atom. The van der Waals surface area contributed by atoms with Gasteiger partial charge in [0.2, 0.25) is 5.91 Å². The van der Waals surface area contributed by atoms with E-state index in [1.165, 1.54) is 0 Å². The monoisotopic (exact) mass is 551 g/mol. The predicted molar refractivity (Wildman–Crippen MR) is 132 cm³/mol. The summed E-state index contributed by atoms with van der Waals surface area (Å²) in [6.45, 7) is 2.09. The van der Waals surface area contributed by atoms with Crippen LogP contribution in [0.15, 0.2) is 68.8 Å². The second kappa shape index (κ2) is 11.9. The van der Waals surface area contributed by atoms with E-state index in [1.807, 2.05) is 6.07 Å². The number of halogens is 3. The van der Waals surface area contributed by atoms with Crippen LogP contribution in [0, 0.1) is 0 Å². The van der Waals surface area contributed by atoms with Crippen LogP contribution in [-0.4, -0.2) is 24.1 Å². The molecule has 0 aliphatic rings. The van der Waals surface area contributed by atoms with Crippen molar-refractivity contribution in [1.29, 1.82) is 0 Å². The Labute approximate surface area is 209 Å². The molecule has 7 nitrogen and oxygen atoms in total. The van der Waals surface area contributed by atoms with Gasteiger partial charge in [-0.05, 0) is 77.3 Å². The Bertz CT molecular complexity index is 1180. The maximum absolute atomic E-state index is 12.2. The van der Waals surface area contributed by atoms with Crippen LogP contribution in [0.5, 0.6) is 5.75 Å². The molecule has 0 spiro atoms. The van der Waals surface area contributed by atoms with E-state index in [4.69, 9.17) is 32.4 Å². The minimum atomic E-state index is -0.372. The van der Waals surface area contributed by atoms with Crippen molar-refractivity contribution in [3.05, 3.63) is 80.6 Å². The summed E-state index contributed by atoms with van der Waals surface area (Å²) in [7, 11) is 0. The van der Waals surface area contributed by atoms with Gasteiger partial charge < -0.3 is 14.5 Å². The number of carbonyl (C=O) groups is 2. The highest BCUT2D eigenvalue weighted by molar-refractivity contribution is 9.10. The maximum atomic E-state index is 12.2. The molecule has 0 saturated carbocycles. The number of hydrogen-bond acceptors (Lipinski definition) is 5. The molecule has 0 atom stereocenters. The quantitative estimate of drug-likeness (QED) is 0.185. The number of carbonyl (C=O) groups excluding carboxylic acids is 2. The first-order valence-corrected chi connectivity index (χ1v) is 11.4. The standard InChI is InChI=1S/C23H20BrCl2N3O4/c1-14(15-4-2-5-17(12-15)27-23(31)20-9-10-21(24)33-20)28-29-22(30)6-3-11-32-19-8-7-16(25)13-18(19)26/h2,4-5,7-10,12-13H,3,6,11H2,1H3,(H,27,31)(H,29,30)/b28-14-. The molecule has 172 valence electrons. The number of benzene rings is 2. The fourth-order valence-electron chi connectivity index (χ4n) is 2.72. The molecule has 0 unspecified atom stereocenters. The topological polar surface area (TPSA) is 92.9 Å². The molecule has 0 saturated heterocycles. The van der Waals surface area contributed by atoms with Crippen molar-refractivity contribution >= 4 is 62.3 Å². The van der Waals surface area contributed by atoms with Crippen LogP contribution in [-0.2, 0) is 4.79 Å². The number of amides is 2. The molecule has 0 aliphatic heterocycles. The number of furan rings is 1. The molecule has 0 radical (unpaired) electrons. The minimum absolute atomic E-state index is 0.187. The molecular formula is C23H20BrCl2N3O4. The third-order valence-corrected chi connectivity index (χ3v) is 5.34. The molecule has 0 aliphatic carbocycles. The molecule has 10 heteroatoms. The molecule has 3 aromatic rings. The Morgan fingerprint density at radius 1 is 1.12 bits per heavy atom. The van der Waals surface area contributed by atoms with Crippen LogP contribution in [0.3, 0.4) is 0 Å². The Morgan fingerprint density at radius 2 is 1.94 bits per heavy atom. The van der Waals surface area contributed by atoms with Crippen molar-refractivity contribution in [2.45, 2.75) is 19.8 Å². The lowest BCUT2D eigenvalue weighted by molar-refractivity contribution is -0.121. The van der Waals surface area contributed by atoms with Gasteiger partial charge >= 0.3 is 0 Å². The molecule has 3 rings (SSSR count). The molecular weight excluding hydrogens is 533 g/mol. The first-order valence-electron chi connectivity index (χ1n) is 9.90. The molecule has 0 fully saturated rings. The summed E-state index contributed by atoms with van der Waals surface area (Å²) in [5.41, 5.74) is 4.43. The van der Waals surface area contributed by atoms with Crippen molar-refractivity contribution < 1.29 is 18.7 Å². The van der Waals surface area contributed by atoms with Crippen molar-refractivity contribution in [2.24, 2.45) is 5.10 Å². The van der Waals surface area contributed by atoms with Crippen LogP contribution in [0.25, 0.3) is 0 Å². The average molecular weight is 553 g/mol. The molecule has 0 bridgehead atoms. The summed E-state index contributed by atoms with van der Waals surface area (Å²) in [5, 5.41) is 7.85. The predicted octanol–water partition coefficient (Wildman–Crippen LogP) is 6.30. The van der Waals surface area contributed by atoms with Gasteiger partial charge in [0.25, 0.3) is 5.91 Å². The van der Waals surface area contributed by atoms with Gasteiger partial charge in [-0.2, -0.15) is 5.10 Å². The molecule has 33 heavy (non-hydrogen) atoms. The molecule has 2 N–H and O–H groups in total. The highest BCUT2D eigenvalue weighted by atomic mass is 79.9. The van der Waals surface area contributed by atoms with E-state index in [0.717, 1.165) is 5.56 Å². The number of hydrogen-bond donors (Lipinski definition) is 2. The lowest BCUT2D eigenvalue weighted by Gasteiger charge is -2.08. The summed E-state index contributed by atoms with van der Waals surface area (Å²) in [4.78, 5) is 24.3. The summed E-state index contributed by atoms with van der Waals surface area (Å²) in [5.74, 6) is 0.0881. The average Bonchev–Trinajstić information content (AvgIpc) is 3.23. The second-order valence-corrected chi connectivity index (χ2v) is 8.52. The minimum Gasteiger partial charge on any atom is -0.492 e. The van der Waals surface area contributed by atoms with E-state index >= 15 is 0 Å². The van der Waals surface area contributed by atoms with E-state index in [2.05, 4.69) is 31.8 Å². The number of rotatable bonds is 9. The van der Waals surface area contributed by atoms with E-state index in [0.29, 0.717) is 44.9 Å². The largest absolute Gasteiger partial charge is 0.492 e. The zero-order chi connectivity index (χ0) is 23.8. The number of hydrazone groups is 1. The van der Waals surface area contributed by atoms with E-state index in [9.17, 15) is 9.59 Å².